The molecule has 0 N–H and O–H groups in total. The summed E-state index contributed by atoms with van der Waals surface area (Å²) in [6.07, 6.45) is 3.20. The largest absolute Gasteiger partial charge is 0.418 e. The summed E-state index contributed by atoms with van der Waals surface area (Å²) >= 11 is 0. The molecule has 0 fully saturated rings. The first-order valence-electron chi connectivity index (χ1n) is 4.62. The molecule has 0 aromatic carbocycles. The summed E-state index contributed by atoms with van der Waals surface area (Å²) in [6.45, 7) is 1.74. The van der Waals surface area contributed by atoms with Crippen molar-refractivity contribution in [3.05, 3.63) is 39.4 Å². The first-order chi connectivity index (χ1) is 7.63. The normalized spacial score (nSPS) is 16.4. The van der Waals surface area contributed by atoms with Crippen molar-refractivity contribution in [2.75, 3.05) is 7.11 Å². The van der Waals surface area contributed by atoms with Crippen molar-refractivity contribution >= 4 is 17.6 Å². The van der Waals surface area contributed by atoms with Gasteiger partial charge in [-0.05, 0) is 24.6 Å². The summed E-state index contributed by atoms with van der Waals surface area (Å²) in [5.74, 6) is -0.427. The van der Waals surface area contributed by atoms with Crippen LogP contribution in [0.3, 0.4) is 0 Å². The molecule has 0 bridgehead atoms. The lowest BCUT2D eigenvalue weighted by molar-refractivity contribution is 0.102. The Morgan fingerprint density at radius 2 is 2.06 bits per heavy atom. The number of rotatable bonds is 1. The number of hydrogen-bond donors (Lipinski definition) is 0. The minimum Gasteiger partial charge on any atom is -0.418 e. The van der Waals surface area contributed by atoms with Gasteiger partial charge in [-0.2, -0.15) is 0 Å². The Hall–Kier alpha value is -2.17. The fraction of sp³-hybridized carbons (Fsp3) is 0.182. The molecule has 0 saturated carbocycles. The zero-order chi connectivity index (χ0) is 11.7. The highest BCUT2D eigenvalue weighted by molar-refractivity contribution is 6.51. The van der Waals surface area contributed by atoms with Crippen LogP contribution in [0.25, 0.3) is 6.08 Å². The highest BCUT2D eigenvalue weighted by atomic mass is 16.6. The van der Waals surface area contributed by atoms with Crippen LogP contribution in [0.1, 0.15) is 21.7 Å². The van der Waals surface area contributed by atoms with E-state index >= 15 is 0 Å². The van der Waals surface area contributed by atoms with Gasteiger partial charge in [0.05, 0.1) is 0 Å². The number of nitrogens with zero attached hydrogens (tertiary/aromatic N) is 1. The van der Waals surface area contributed by atoms with Crippen LogP contribution in [0, 0.1) is 6.92 Å². The monoisotopic (exact) mass is 219 g/mol. The topological polar surface area (TPSA) is 68.9 Å². The molecule has 0 unspecified atom stereocenters. The third-order valence-corrected chi connectivity index (χ3v) is 2.24. The molecule has 16 heavy (non-hydrogen) atoms. The maximum atomic E-state index is 11.8. The van der Waals surface area contributed by atoms with Crippen LogP contribution in [-0.2, 0) is 4.84 Å². The predicted octanol–water partition coefficient (Wildman–Crippen LogP) is 1.16. The second-order valence-corrected chi connectivity index (χ2v) is 3.31. The van der Waals surface area contributed by atoms with E-state index in [0.717, 1.165) is 0 Å². The van der Waals surface area contributed by atoms with Crippen LogP contribution in [0.2, 0.25) is 0 Å². The first kappa shape index (κ1) is 10.4. The van der Waals surface area contributed by atoms with Gasteiger partial charge in [0.25, 0.3) is 5.78 Å². The summed E-state index contributed by atoms with van der Waals surface area (Å²) in [5, 5.41) is 3.54. The first-order valence-corrected chi connectivity index (χ1v) is 4.62. The van der Waals surface area contributed by atoms with Gasteiger partial charge in [0.15, 0.2) is 11.5 Å². The zero-order valence-corrected chi connectivity index (χ0v) is 8.81. The molecule has 5 heteroatoms. The van der Waals surface area contributed by atoms with Gasteiger partial charge >= 0.3 is 5.63 Å². The third-order valence-electron chi connectivity index (χ3n) is 2.24. The smallest absolute Gasteiger partial charge is 0.336 e. The standard InChI is InChI=1S/C11H9NO4/c1-6-5-9(13)16-11-7(6)3-4-8(10(11)14)12-15-2/h3-5H,1-2H3. The minimum atomic E-state index is -0.545. The van der Waals surface area contributed by atoms with E-state index in [9.17, 15) is 9.59 Å². The molecule has 1 heterocycles. The van der Waals surface area contributed by atoms with Crippen LogP contribution >= 0.6 is 0 Å². The Balaban J connectivity index is 2.65. The predicted molar refractivity (Wildman–Crippen MR) is 57.5 cm³/mol. The minimum absolute atomic E-state index is 0.0169. The molecular formula is C11H9NO4. The molecular weight excluding hydrogens is 210 g/mol. The van der Waals surface area contributed by atoms with Gasteiger partial charge in [-0.25, -0.2) is 4.79 Å². The number of fused-ring (bicyclic) bond motifs is 1. The van der Waals surface area contributed by atoms with Crippen molar-refractivity contribution in [2.45, 2.75) is 6.92 Å². The Morgan fingerprint density at radius 1 is 1.31 bits per heavy atom. The van der Waals surface area contributed by atoms with Crippen LogP contribution < -0.4 is 5.63 Å². The molecule has 82 valence electrons. The van der Waals surface area contributed by atoms with E-state index in [4.69, 9.17) is 4.42 Å². The molecule has 0 amide bonds. The van der Waals surface area contributed by atoms with Crippen molar-refractivity contribution in [2.24, 2.45) is 5.16 Å². The number of aryl methyl sites for hydroxylation is 1. The van der Waals surface area contributed by atoms with E-state index in [1.165, 1.54) is 19.3 Å². The fourth-order valence-corrected chi connectivity index (χ4v) is 1.52. The molecule has 0 atom stereocenters. The highest BCUT2D eigenvalue weighted by Crippen LogP contribution is 2.19. The fourth-order valence-electron chi connectivity index (χ4n) is 1.52. The third kappa shape index (κ3) is 1.56. The number of oxime groups is 1. The molecule has 5 nitrogen and oxygen atoms in total. The summed E-state index contributed by atoms with van der Waals surface area (Å²) < 4.78 is 4.88. The van der Waals surface area contributed by atoms with Gasteiger partial charge in [0, 0.05) is 11.6 Å². The summed E-state index contributed by atoms with van der Waals surface area (Å²) in [7, 11) is 1.34. The van der Waals surface area contributed by atoms with Crippen molar-refractivity contribution in [1.29, 1.82) is 0 Å². The van der Waals surface area contributed by atoms with Crippen LogP contribution in [0.4, 0.5) is 0 Å². The van der Waals surface area contributed by atoms with Crippen LogP contribution in [-0.4, -0.2) is 18.6 Å². The van der Waals surface area contributed by atoms with Crippen molar-refractivity contribution in [3.63, 3.8) is 0 Å². The van der Waals surface area contributed by atoms with Gasteiger partial charge in [-0.3, -0.25) is 4.79 Å². The maximum Gasteiger partial charge on any atom is 0.336 e. The molecule has 1 aliphatic carbocycles. The Kier molecular flexibility index (Phi) is 2.44. The van der Waals surface area contributed by atoms with Gasteiger partial charge in [-0.15, -0.1) is 0 Å². The quantitative estimate of drug-likeness (QED) is 0.664. The molecule has 0 saturated heterocycles. The van der Waals surface area contributed by atoms with Crippen LogP contribution in [0.15, 0.2) is 26.5 Å². The molecule has 1 aromatic heterocycles. The summed E-state index contributed by atoms with van der Waals surface area (Å²) in [6, 6.07) is 1.34. The summed E-state index contributed by atoms with van der Waals surface area (Å²) in [4.78, 5) is 27.5. The molecule has 0 spiro atoms. The van der Waals surface area contributed by atoms with E-state index in [0.29, 0.717) is 11.1 Å². The van der Waals surface area contributed by atoms with E-state index < -0.39 is 11.4 Å². The van der Waals surface area contributed by atoms with Gasteiger partial charge in [-0.1, -0.05) is 5.16 Å². The molecule has 0 aliphatic heterocycles. The second-order valence-electron chi connectivity index (χ2n) is 3.31. The molecule has 1 aliphatic rings. The van der Waals surface area contributed by atoms with Gasteiger partial charge in [0.1, 0.15) is 7.11 Å². The van der Waals surface area contributed by atoms with E-state index in [1.807, 2.05) is 0 Å². The molecule has 2 rings (SSSR count). The average molecular weight is 219 g/mol. The highest BCUT2D eigenvalue weighted by Gasteiger charge is 2.24. The Labute approximate surface area is 91.0 Å². The molecule has 1 aromatic rings. The second kappa shape index (κ2) is 3.77. The van der Waals surface area contributed by atoms with Crippen molar-refractivity contribution in [1.82, 2.24) is 0 Å². The van der Waals surface area contributed by atoms with E-state index in [2.05, 4.69) is 9.99 Å². The number of allylic oxidation sites excluding steroid dienone is 1. The lowest BCUT2D eigenvalue weighted by Gasteiger charge is -2.10. The number of carbonyl (C=O) groups excluding carboxylic acids is 1. The lowest BCUT2D eigenvalue weighted by Crippen LogP contribution is -2.20. The van der Waals surface area contributed by atoms with Gasteiger partial charge < -0.3 is 9.25 Å². The number of carbonyl (C=O) groups is 1. The van der Waals surface area contributed by atoms with Crippen molar-refractivity contribution < 1.29 is 14.0 Å². The number of hydrogen-bond acceptors (Lipinski definition) is 5. The SMILES string of the molecule is CON=C1C=Cc2c(C)cc(=O)oc2C1=O. The maximum absolute atomic E-state index is 11.8. The lowest BCUT2D eigenvalue weighted by atomic mass is 9.98. The number of Topliss-reactive ketones (excluding diaryl/α,β-unsaturated/α-hetero) is 1. The Morgan fingerprint density at radius 3 is 2.75 bits per heavy atom. The van der Waals surface area contributed by atoms with E-state index in [-0.39, 0.29) is 11.5 Å². The van der Waals surface area contributed by atoms with Gasteiger partial charge in [0.2, 0.25) is 0 Å². The zero-order valence-electron chi connectivity index (χ0n) is 8.81. The number of ketones is 1. The van der Waals surface area contributed by atoms with Crippen molar-refractivity contribution in [3.8, 4) is 0 Å². The van der Waals surface area contributed by atoms with Crippen LogP contribution in [0.5, 0.6) is 0 Å². The summed E-state index contributed by atoms with van der Waals surface area (Å²) in [5.41, 5.74) is 0.882. The average Bonchev–Trinajstić information content (AvgIpc) is 2.23. The Bertz CT molecular complexity index is 566. The van der Waals surface area contributed by atoms with E-state index in [1.54, 1.807) is 13.0 Å². The molecule has 0 radical (unpaired) electrons.